The Hall–Kier alpha value is -1.28. The van der Waals surface area contributed by atoms with Crippen LogP contribution in [0.2, 0.25) is 0 Å². The predicted molar refractivity (Wildman–Crippen MR) is 208 cm³/mol. The van der Waals surface area contributed by atoms with Crippen LogP contribution in [0.1, 0.15) is 162 Å². The number of allylic oxidation sites excluding steroid dienone is 5. The molecule has 0 saturated heterocycles. The molecule has 288 valence electrons. The highest BCUT2D eigenvalue weighted by Gasteiger charge is 2.27. The maximum Gasteiger partial charge on any atom is 0.472 e. The maximum atomic E-state index is 12.7. The molecule has 0 saturated carbocycles. The molecule has 3 atom stereocenters. The van der Waals surface area contributed by atoms with Crippen molar-refractivity contribution in [1.82, 2.24) is 5.32 Å². The third-order valence-corrected chi connectivity index (χ3v) is 9.59. The lowest BCUT2D eigenvalue weighted by atomic mass is 10.0. The normalized spacial score (nSPS) is 15.0. The molecule has 0 aliphatic carbocycles. The Kier molecular flexibility index (Phi) is 31.8. The number of nitrogens with one attached hydrogen (secondary N) is 1. The summed E-state index contributed by atoms with van der Waals surface area (Å²) in [5.41, 5.74) is 0. The van der Waals surface area contributed by atoms with Gasteiger partial charge in [-0.2, -0.15) is 0 Å². The van der Waals surface area contributed by atoms with Crippen LogP contribution in [0.5, 0.6) is 0 Å². The molecule has 49 heavy (non-hydrogen) atoms. The number of unbranched alkanes of at least 4 members (excludes halogenated alkanes) is 18. The van der Waals surface area contributed by atoms with Crippen LogP contribution >= 0.6 is 7.82 Å². The second-order valence-electron chi connectivity index (χ2n) is 14.7. The highest BCUT2D eigenvalue weighted by atomic mass is 31.2. The highest BCUT2D eigenvalue weighted by Crippen LogP contribution is 2.43. The number of rotatable bonds is 35. The number of carbonyl (C=O) groups is 1. The van der Waals surface area contributed by atoms with Gasteiger partial charge in [0, 0.05) is 6.42 Å². The average molecular weight is 714 g/mol. The zero-order chi connectivity index (χ0) is 36.5. The van der Waals surface area contributed by atoms with Gasteiger partial charge in [-0.05, 0) is 44.9 Å². The van der Waals surface area contributed by atoms with Crippen LogP contribution in [0.3, 0.4) is 0 Å². The molecule has 0 aliphatic rings. The van der Waals surface area contributed by atoms with Crippen molar-refractivity contribution in [2.75, 3.05) is 40.9 Å². The first-order chi connectivity index (χ1) is 23.5. The maximum absolute atomic E-state index is 12.7. The Bertz CT molecular complexity index is 902. The third kappa shape index (κ3) is 34.9. The van der Waals surface area contributed by atoms with Gasteiger partial charge in [-0.3, -0.25) is 13.8 Å². The van der Waals surface area contributed by atoms with Gasteiger partial charge in [0.1, 0.15) is 13.2 Å². The molecule has 1 amide bonds. The van der Waals surface area contributed by atoms with Crippen molar-refractivity contribution < 1.29 is 32.9 Å². The highest BCUT2D eigenvalue weighted by molar-refractivity contribution is 7.47. The summed E-state index contributed by atoms with van der Waals surface area (Å²) in [4.78, 5) is 22.8. The van der Waals surface area contributed by atoms with Gasteiger partial charge in [-0.25, -0.2) is 4.57 Å². The molecule has 0 aromatic carbocycles. The summed E-state index contributed by atoms with van der Waals surface area (Å²) < 4.78 is 23.2. The zero-order valence-corrected chi connectivity index (χ0v) is 33.3. The number of aliphatic hydroxyl groups excluding tert-OH is 1. The predicted octanol–water partition coefficient (Wildman–Crippen LogP) is 10.4. The van der Waals surface area contributed by atoms with Crippen LogP contribution in [0.4, 0.5) is 0 Å². The first-order valence-corrected chi connectivity index (χ1v) is 21.4. The van der Waals surface area contributed by atoms with E-state index in [1.54, 1.807) is 6.08 Å². The van der Waals surface area contributed by atoms with E-state index >= 15 is 0 Å². The molecule has 0 fully saturated rings. The van der Waals surface area contributed by atoms with Gasteiger partial charge in [0.2, 0.25) is 5.91 Å². The lowest BCUT2D eigenvalue weighted by molar-refractivity contribution is -0.870. The number of aliphatic hydroxyl groups is 1. The lowest BCUT2D eigenvalue weighted by Crippen LogP contribution is -2.45. The van der Waals surface area contributed by atoms with E-state index in [2.05, 4.69) is 43.5 Å². The summed E-state index contributed by atoms with van der Waals surface area (Å²) in [6.07, 6.45) is 38.4. The van der Waals surface area contributed by atoms with Crippen LogP contribution < -0.4 is 5.32 Å². The van der Waals surface area contributed by atoms with Crippen molar-refractivity contribution in [3.8, 4) is 0 Å². The lowest BCUT2D eigenvalue weighted by Gasteiger charge is -2.25. The molecule has 3 N–H and O–H groups in total. The Labute approximate surface area is 302 Å². The molecule has 0 spiro atoms. The topological polar surface area (TPSA) is 105 Å². The molecule has 0 heterocycles. The molecule has 0 aromatic heterocycles. The van der Waals surface area contributed by atoms with Crippen molar-refractivity contribution >= 4 is 13.7 Å². The van der Waals surface area contributed by atoms with Gasteiger partial charge < -0.3 is 19.8 Å². The summed E-state index contributed by atoms with van der Waals surface area (Å²) in [5, 5.41) is 13.5. The van der Waals surface area contributed by atoms with Crippen molar-refractivity contribution in [2.24, 2.45) is 0 Å². The summed E-state index contributed by atoms with van der Waals surface area (Å²) in [5.74, 6) is -0.191. The van der Waals surface area contributed by atoms with E-state index in [-0.39, 0.29) is 19.1 Å². The van der Waals surface area contributed by atoms with Crippen LogP contribution in [0, 0.1) is 0 Å². The van der Waals surface area contributed by atoms with Gasteiger partial charge >= 0.3 is 7.82 Å². The van der Waals surface area contributed by atoms with Crippen molar-refractivity contribution in [1.29, 1.82) is 0 Å². The van der Waals surface area contributed by atoms with E-state index in [9.17, 15) is 19.4 Å². The molecule has 0 aromatic rings. The van der Waals surface area contributed by atoms with Gasteiger partial charge in [0.25, 0.3) is 0 Å². The number of quaternary nitrogens is 1. The number of phosphoric acid groups is 1. The van der Waals surface area contributed by atoms with Crippen LogP contribution in [0.25, 0.3) is 0 Å². The van der Waals surface area contributed by atoms with Crippen molar-refractivity contribution in [3.05, 3.63) is 36.5 Å². The SMILES string of the molecule is CCCC/C=C/C(O)C(COP(=O)(O)OCC[N+](C)(C)C)NC(=O)CCCCCCCCCCCCC/C=C\C/C=C\CCCCCCC. The molecule has 0 bridgehead atoms. The minimum absolute atomic E-state index is 0.0593. The van der Waals surface area contributed by atoms with Gasteiger partial charge in [-0.15, -0.1) is 0 Å². The van der Waals surface area contributed by atoms with E-state index < -0.39 is 20.0 Å². The molecule has 8 nitrogen and oxygen atoms in total. The minimum Gasteiger partial charge on any atom is -0.387 e. The fourth-order valence-electron chi connectivity index (χ4n) is 5.35. The Morgan fingerprint density at radius 1 is 0.694 bits per heavy atom. The molecule has 0 rings (SSSR count). The first-order valence-electron chi connectivity index (χ1n) is 19.9. The minimum atomic E-state index is -4.31. The standard InChI is InChI=1S/C40H77N2O6P/c1-6-8-10-12-13-14-15-16-17-18-19-20-21-22-23-24-25-26-27-28-29-30-32-34-40(44)41-38(39(43)33-31-11-9-7-2)37-48-49(45,46)47-36-35-42(3,4)5/h15-16,18-19,31,33,38-39,43H,6-14,17,20-30,32,34-37H2,1-5H3,(H-,41,44,45,46)/p+1/b16-15-,19-18-,33-31+. The first kappa shape index (κ1) is 47.7. The summed E-state index contributed by atoms with van der Waals surface area (Å²) in [6, 6.07) is -0.841. The van der Waals surface area contributed by atoms with E-state index in [0.29, 0.717) is 17.4 Å². The monoisotopic (exact) mass is 714 g/mol. The van der Waals surface area contributed by atoms with E-state index in [4.69, 9.17) is 9.05 Å². The largest absolute Gasteiger partial charge is 0.472 e. The average Bonchev–Trinajstić information content (AvgIpc) is 3.04. The number of amides is 1. The van der Waals surface area contributed by atoms with Gasteiger partial charge in [-0.1, -0.05) is 147 Å². The number of carbonyl (C=O) groups excluding carboxylic acids is 1. The second kappa shape index (κ2) is 32.6. The van der Waals surface area contributed by atoms with Gasteiger partial charge in [0.05, 0.1) is 39.9 Å². The van der Waals surface area contributed by atoms with E-state index in [1.807, 2.05) is 27.2 Å². The number of phosphoric ester groups is 1. The zero-order valence-electron chi connectivity index (χ0n) is 32.4. The van der Waals surface area contributed by atoms with E-state index in [1.165, 1.54) is 96.3 Å². The third-order valence-electron chi connectivity index (χ3n) is 8.60. The van der Waals surface area contributed by atoms with Crippen molar-refractivity contribution in [2.45, 2.75) is 174 Å². The molecule has 3 unspecified atom stereocenters. The summed E-state index contributed by atoms with van der Waals surface area (Å²) >= 11 is 0. The number of nitrogens with zero attached hydrogens (tertiary/aromatic N) is 1. The molecular weight excluding hydrogens is 635 g/mol. The summed E-state index contributed by atoms with van der Waals surface area (Å²) in [6.45, 7) is 4.63. The molecular formula is C40H78N2O6P+. The molecule has 0 radical (unpaired) electrons. The van der Waals surface area contributed by atoms with Gasteiger partial charge in [0.15, 0.2) is 0 Å². The number of hydrogen-bond acceptors (Lipinski definition) is 5. The smallest absolute Gasteiger partial charge is 0.387 e. The Morgan fingerprint density at radius 2 is 1.18 bits per heavy atom. The fourth-order valence-corrected chi connectivity index (χ4v) is 6.09. The Morgan fingerprint density at radius 3 is 1.71 bits per heavy atom. The van der Waals surface area contributed by atoms with Crippen LogP contribution in [0.15, 0.2) is 36.5 Å². The second-order valence-corrected chi connectivity index (χ2v) is 16.1. The quantitative estimate of drug-likeness (QED) is 0.0261. The van der Waals surface area contributed by atoms with E-state index in [0.717, 1.165) is 44.9 Å². The van der Waals surface area contributed by atoms with Crippen molar-refractivity contribution in [3.63, 3.8) is 0 Å². The molecule has 0 aliphatic heterocycles. The number of hydrogen-bond donors (Lipinski definition) is 3. The number of likely N-dealkylation sites (N-methyl/N-ethyl adjacent to an activating group) is 1. The fraction of sp³-hybridized carbons (Fsp3) is 0.825. The van der Waals surface area contributed by atoms with Crippen LogP contribution in [-0.4, -0.2) is 73.4 Å². The Balaban J connectivity index is 4.04. The molecule has 9 heteroatoms. The van der Waals surface area contributed by atoms with Crippen LogP contribution in [-0.2, 0) is 18.4 Å². The summed E-state index contributed by atoms with van der Waals surface area (Å²) in [7, 11) is 1.56.